The second-order valence-corrected chi connectivity index (χ2v) is 4.30. The van der Waals surface area contributed by atoms with E-state index >= 15 is 0 Å². The molecule has 4 heteroatoms. The summed E-state index contributed by atoms with van der Waals surface area (Å²) < 4.78 is 5.09. The van der Waals surface area contributed by atoms with E-state index in [1.54, 1.807) is 0 Å². The molecule has 4 nitrogen and oxygen atoms in total. The van der Waals surface area contributed by atoms with Crippen LogP contribution >= 0.6 is 0 Å². The van der Waals surface area contributed by atoms with Crippen molar-refractivity contribution in [2.24, 2.45) is 0 Å². The van der Waals surface area contributed by atoms with E-state index in [9.17, 15) is 9.59 Å². The molecular formula is C14H15NO3. The molecule has 0 aromatic carbocycles. The van der Waals surface area contributed by atoms with Crippen LogP contribution in [-0.2, 0) is 12.8 Å². The van der Waals surface area contributed by atoms with Gasteiger partial charge in [0.15, 0.2) is 0 Å². The zero-order chi connectivity index (χ0) is 13.1. The Bertz CT molecular complexity index is 569. The van der Waals surface area contributed by atoms with E-state index in [1.807, 2.05) is 6.08 Å². The number of carbonyl (C=O) groups is 1. The van der Waals surface area contributed by atoms with Crippen LogP contribution in [0.5, 0.6) is 0 Å². The third-order valence-corrected chi connectivity index (χ3v) is 2.86. The van der Waals surface area contributed by atoms with Crippen LogP contribution in [0, 0.1) is 0 Å². The molecule has 0 unspecified atom stereocenters. The van der Waals surface area contributed by atoms with Gasteiger partial charge in [-0.05, 0) is 24.8 Å². The number of hydrogen-bond donors (Lipinski definition) is 1. The summed E-state index contributed by atoms with van der Waals surface area (Å²) in [5.74, 6) is 0.184. The Kier molecular flexibility index (Phi) is 3.46. The van der Waals surface area contributed by atoms with Gasteiger partial charge in [0.2, 0.25) is 0 Å². The van der Waals surface area contributed by atoms with Crippen LogP contribution in [0.25, 0.3) is 0 Å². The lowest BCUT2D eigenvalue weighted by atomic mass is 9.97. The summed E-state index contributed by atoms with van der Waals surface area (Å²) in [4.78, 5) is 23.4. The van der Waals surface area contributed by atoms with Crippen LogP contribution in [0.1, 0.15) is 34.5 Å². The molecule has 0 aliphatic carbocycles. The Morgan fingerprint density at radius 3 is 2.94 bits per heavy atom. The summed E-state index contributed by atoms with van der Waals surface area (Å²) in [6.45, 7) is 7.34. The minimum absolute atomic E-state index is 0.237. The van der Waals surface area contributed by atoms with Crippen molar-refractivity contribution in [2.45, 2.75) is 25.7 Å². The van der Waals surface area contributed by atoms with Crippen molar-refractivity contribution in [3.8, 4) is 0 Å². The molecule has 1 aliphatic rings. The number of rotatable bonds is 4. The summed E-state index contributed by atoms with van der Waals surface area (Å²) in [5.41, 5.74) is 1.38. The second-order valence-electron chi connectivity index (χ2n) is 4.30. The van der Waals surface area contributed by atoms with Crippen LogP contribution < -0.4 is 10.9 Å². The summed E-state index contributed by atoms with van der Waals surface area (Å²) in [6.07, 6.45) is 4.57. The normalized spacial score (nSPS) is 14.0. The number of amides is 1. The Morgan fingerprint density at radius 1 is 1.44 bits per heavy atom. The first kappa shape index (κ1) is 12.4. The average molecular weight is 245 g/mol. The number of allylic oxidation sites excluding steroid dienone is 2. The Hall–Kier alpha value is -2.10. The van der Waals surface area contributed by atoms with E-state index in [2.05, 4.69) is 18.5 Å². The van der Waals surface area contributed by atoms with Gasteiger partial charge in [-0.1, -0.05) is 12.7 Å². The zero-order valence-corrected chi connectivity index (χ0v) is 10.1. The number of unbranched alkanes of at least 4 members (excludes halogenated alkanes) is 1. The third-order valence-electron chi connectivity index (χ3n) is 2.86. The SMILES string of the molecule is C=CCCCc1cc(=O)oc2c1C(=O)NC(=C)C2. The van der Waals surface area contributed by atoms with Crippen LogP contribution in [-0.4, -0.2) is 5.91 Å². The van der Waals surface area contributed by atoms with Crippen molar-refractivity contribution < 1.29 is 9.21 Å². The van der Waals surface area contributed by atoms with Gasteiger partial charge in [-0.15, -0.1) is 6.58 Å². The number of carbonyl (C=O) groups excluding carboxylic acids is 1. The van der Waals surface area contributed by atoms with Crippen molar-refractivity contribution in [1.82, 2.24) is 5.32 Å². The van der Waals surface area contributed by atoms with E-state index in [0.29, 0.717) is 29.9 Å². The standard InChI is InChI=1S/C14H15NO3/c1-3-4-5-6-10-8-12(16)18-11-7-9(2)15-14(17)13(10)11/h3,8H,1-2,4-7H2,(H,15,17). The molecule has 94 valence electrons. The average Bonchev–Trinajstić information content (AvgIpc) is 2.27. The molecule has 18 heavy (non-hydrogen) atoms. The fourth-order valence-corrected chi connectivity index (χ4v) is 2.09. The summed E-state index contributed by atoms with van der Waals surface area (Å²) in [5, 5.41) is 2.67. The highest BCUT2D eigenvalue weighted by atomic mass is 16.4. The van der Waals surface area contributed by atoms with Gasteiger partial charge in [-0.25, -0.2) is 4.79 Å². The van der Waals surface area contributed by atoms with Crippen molar-refractivity contribution >= 4 is 5.91 Å². The largest absolute Gasteiger partial charge is 0.427 e. The Balaban J connectivity index is 2.40. The van der Waals surface area contributed by atoms with Crippen molar-refractivity contribution in [2.75, 3.05) is 0 Å². The summed E-state index contributed by atoms with van der Waals surface area (Å²) in [7, 11) is 0. The molecule has 0 saturated heterocycles. The first-order valence-electron chi connectivity index (χ1n) is 5.87. The first-order valence-corrected chi connectivity index (χ1v) is 5.87. The molecule has 0 spiro atoms. The molecule has 0 fully saturated rings. The van der Waals surface area contributed by atoms with Gasteiger partial charge in [0, 0.05) is 18.2 Å². The molecule has 1 aromatic rings. The molecule has 0 bridgehead atoms. The molecule has 1 N–H and O–H groups in total. The minimum Gasteiger partial charge on any atom is -0.427 e. The molecule has 0 atom stereocenters. The van der Waals surface area contributed by atoms with Gasteiger partial charge < -0.3 is 9.73 Å². The second kappa shape index (κ2) is 5.04. The fourth-order valence-electron chi connectivity index (χ4n) is 2.09. The summed E-state index contributed by atoms with van der Waals surface area (Å²) in [6, 6.07) is 1.40. The highest BCUT2D eigenvalue weighted by Crippen LogP contribution is 2.21. The van der Waals surface area contributed by atoms with Crippen molar-refractivity contribution in [3.63, 3.8) is 0 Å². The minimum atomic E-state index is -0.412. The molecular weight excluding hydrogens is 230 g/mol. The quantitative estimate of drug-likeness (QED) is 0.651. The van der Waals surface area contributed by atoms with Gasteiger partial charge in [-0.3, -0.25) is 4.79 Å². The highest BCUT2D eigenvalue weighted by molar-refractivity contribution is 5.98. The maximum absolute atomic E-state index is 11.9. The van der Waals surface area contributed by atoms with Crippen LogP contribution in [0.3, 0.4) is 0 Å². The number of nitrogens with one attached hydrogen (secondary N) is 1. The van der Waals surface area contributed by atoms with Crippen molar-refractivity contribution in [3.05, 3.63) is 58.3 Å². The van der Waals surface area contributed by atoms with Gasteiger partial charge in [0.1, 0.15) is 5.76 Å². The molecule has 1 amide bonds. The van der Waals surface area contributed by atoms with E-state index in [1.165, 1.54) is 6.07 Å². The van der Waals surface area contributed by atoms with E-state index in [-0.39, 0.29) is 5.91 Å². The predicted octanol–water partition coefficient (Wildman–Crippen LogP) is 1.95. The van der Waals surface area contributed by atoms with Gasteiger partial charge in [-0.2, -0.15) is 0 Å². The van der Waals surface area contributed by atoms with E-state index < -0.39 is 5.63 Å². The smallest absolute Gasteiger partial charge is 0.336 e. The van der Waals surface area contributed by atoms with Crippen LogP contribution in [0.15, 0.2) is 40.2 Å². The molecule has 1 aromatic heterocycles. The van der Waals surface area contributed by atoms with E-state index in [4.69, 9.17) is 4.42 Å². The Labute approximate surface area is 105 Å². The monoisotopic (exact) mass is 245 g/mol. The molecule has 0 saturated carbocycles. The third kappa shape index (κ3) is 2.42. The fraction of sp³-hybridized carbons (Fsp3) is 0.286. The highest BCUT2D eigenvalue weighted by Gasteiger charge is 2.25. The van der Waals surface area contributed by atoms with Crippen LogP contribution in [0.4, 0.5) is 0 Å². The number of aryl methyl sites for hydroxylation is 1. The topological polar surface area (TPSA) is 59.3 Å². The van der Waals surface area contributed by atoms with E-state index in [0.717, 1.165) is 18.4 Å². The van der Waals surface area contributed by atoms with Gasteiger partial charge in [0.05, 0.1) is 5.56 Å². The lowest BCUT2D eigenvalue weighted by Gasteiger charge is -2.19. The van der Waals surface area contributed by atoms with Crippen molar-refractivity contribution in [1.29, 1.82) is 0 Å². The van der Waals surface area contributed by atoms with Gasteiger partial charge in [0.25, 0.3) is 5.91 Å². The van der Waals surface area contributed by atoms with Gasteiger partial charge >= 0.3 is 5.63 Å². The first-order chi connectivity index (χ1) is 8.61. The molecule has 2 heterocycles. The molecule has 2 rings (SSSR count). The number of fused-ring (bicyclic) bond motifs is 1. The summed E-state index contributed by atoms with van der Waals surface area (Å²) >= 11 is 0. The lowest BCUT2D eigenvalue weighted by Crippen LogP contribution is -2.32. The maximum Gasteiger partial charge on any atom is 0.336 e. The molecule has 1 aliphatic heterocycles. The Morgan fingerprint density at radius 2 is 2.22 bits per heavy atom. The maximum atomic E-state index is 11.9. The van der Waals surface area contributed by atoms with Crippen LogP contribution in [0.2, 0.25) is 0 Å². The molecule has 0 radical (unpaired) electrons. The zero-order valence-electron chi connectivity index (χ0n) is 10.1. The predicted molar refractivity (Wildman–Crippen MR) is 68.4 cm³/mol. The number of hydrogen-bond acceptors (Lipinski definition) is 3. The lowest BCUT2D eigenvalue weighted by molar-refractivity contribution is 0.0952.